The zero-order valence-electron chi connectivity index (χ0n) is 18.8. The third-order valence-corrected chi connectivity index (χ3v) is 6.86. The summed E-state index contributed by atoms with van der Waals surface area (Å²) in [6.45, 7) is 0. The molecular formula is C23H22Cl2F4N4O2. The first-order chi connectivity index (χ1) is 16.5. The van der Waals surface area contributed by atoms with Gasteiger partial charge in [0.15, 0.2) is 5.82 Å². The van der Waals surface area contributed by atoms with Crippen molar-refractivity contribution in [3.05, 3.63) is 45.7 Å². The van der Waals surface area contributed by atoms with E-state index in [0.717, 1.165) is 0 Å². The van der Waals surface area contributed by atoms with E-state index >= 15 is 0 Å². The molecule has 1 fully saturated rings. The molecule has 0 radical (unpaired) electrons. The zero-order valence-corrected chi connectivity index (χ0v) is 20.3. The van der Waals surface area contributed by atoms with Crippen LogP contribution in [0.25, 0.3) is 11.0 Å². The van der Waals surface area contributed by atoms with E-state index in [-0.39, 0.29) is 64.7 Å². The molecule has 2 N–H and O–H groups in total. The molecule has 1 amide bonds. The van der Waals surface area contributed by atoms with Crippen molar-refractivity contribution in [1.29, 1.82) is 0 Å². The molecule has 0 aliphatic heterocycles. The Morgan fingerprint density at radius 2 is 1.80 bits per heavy atom. The predicted molar refractivity (Wildman–Crippen MR) is 126 cm³/mol. The Hall–Kier alpha value is -2.72. The highest BCUT2D eigenvalue weighted by atomic mass is 35.5. The number of rotatable bonds is 5. The van der Waals surface area contributed by atoms with Crippen LogP contribution in [0.1, 0.15) is 36.0 Å². The molecule has 188 valence electrons. The fraction of sp³-hybridized carbons (Fsp3) is 0.391. The Labute approximate surface area is 208 Å². The summed E-state index contributed by atoms with van der Waals surface area (Å²) < 4.78 is 60.3. The Morgan fingerprint density at radius 1 is 1.14 bits per heavy atom. The lowest BCUT2D eigenvalue weighted by molar-refractivity contribution is -0.182. The van der Waals surface area contributed by atoms with E-state index in [1.165, 1.54) is 25.3 Å². The summed E-state index contributed by atoms with van der Waals surface area (Å²) in [4.78, 5) is 17.4. The number of methoxy groups -OCH3 is 1. The van der Waals surface area contributed by atoms with Gasteiger partial charge in [0.05, 0.1) is 45.4 Å². The topological polar surface area (TPSA) is 68.2 Å². The van der Waals surface area contributed by atoms with Gasteiger partial charge in [-0.3, -0.25) is 4.79 Å². The van der Waals surface area contributed by atoms with Gasteiger partial charge in [0.25, 0.3) is 5.91 Å². The average molecular weight is 533 g/mol. The predicted octanol–water partition coefficient (Wildman–Crippen LogP) is 6.62. The minimum atomic E-state index is -4.22. The standard InChI is InChI=1S/C23H22Cl2F4N4O2/c1-33-17-10-18(35-2)13(21(34)30-12-5-3-11(4-6-12)23(27,28)29)9-16(17)31-22(33)32-20-15(25)8-7-14(24)19(20)26/h7-12H,3-6H2,1-2H3,(H,30,34)(H,31,32). The second-order valence-corrected chi connectivity index (χ2v) is 9.26. The number of halogens is 6. The van der Waals surface area contributed by atoms with E-state index in [1.807, 2.05) is 0 Å². The summed E-state index contributed by atoms with van der Waals surface area (Å²) in [5.41, 5.74) is 1.15. The lowest BCUT2D eigenvalue weighted by Crippen LogP contribution is -2.40. The summed E-state index contributed by atoms with van der Waals surface area (Å²) in [6, 6.07) is 5.55. The lowest BCUT2D eigenvalue weighted by atomic mass is 9.85. The van der Waals surface area contributed by atoms with Gasteiger partial charge < -0.3 is 19.9 Å². The van der Waals surface area contributed by atoms with Gasteiger partial charge in [0.1, 0.15) is 5.75 Å². The van der Waals surface area contributed by atoms with Crippen LogP contribution in [0.4, 0.5) is 29.2 Å². The van der Waals surface area contributed by atoms with E-state index in [0.29, 0.717) is 11.0 Å². The largest absolute Gasteiger partial charge is 0.496 e. The van der Waals surface area contributed by atoms with Gasteiger partial charge in [-0.25, -0.2) is 9.37 Å². The van der Waals surface area contributed by atoms with Gasteiger partial charge in [-0.15, -0.1) is 0 Å². The first kappa shape index (κ1) is 25.4. The molecule has 0 spiro atoms. The number of nitrogens with zero attached hydrogens (tertiary/aromatic N) is 2. The molecule has 0 unspecified atom stereocenters. The van der Waals surface area contributed by atoms with Crippen LogP contribution < -0.4 is 15.4 Å². The number of anilines is 2. The molecule has 12 heteroatoms. The van der Waals surface area contributed by atoms with Gasteiger partial charge >= 0.3 is 6.18 Å². The van der Waals surface area contributed by atoms with Crippen molar-refractivity contribution in [1.82, 2.24) is 14.9 Å². The smallest absolute Gasteiger partial charge is 0.391 e. The summed E-state index contributed by atoms with van der Waals surface area (Å²) in [7, 11) is 3.09. The summed E-state index contributed by atoms with van der Waals surface area (Å²) >= 11 is 12.0. The van der Waals surface area contributed by atoms with E-state index in [4.69, 9.17) is 27.9 Å². The van der Waals surface area contributed by atoms with Crippen LogP contribution in [0.3, 0.4) is 0 Å². The molecule has 6 nitrogen and oxygen atoms in total. The van der Waals surface area contributed by atoms with Crippen LogP contribution in [0.2, 0.25) is 10.0 Å². The van der Waals surface area contributed by atoms with Crippen molar-refractivity contribution in [2.45, 2.75) is 37.9 Å². The van der Waals surface area contributed by atoms with Crippen LogP contribution in [0.5, 0.6) is 5.75 Å². The van der Waals surface area contributed by atoms with E-state index in [1.54, 1.807) is 17.7 Å². The molecule has 1 aromatic heterocycles. The molecule has 0 saturated heterocycles. The Balaban J connectivity index is 1.58. The number of hydrogen-bond acceptors (Lipinski definition) is 4. The molecule has 3 aromatic rings. The van der Waals surface area contributed by atoms with Gasteiger partial charge in [-0.05, 0) is 43.9 Å². The summed E-state index contributed by atoms with van der Waals surface area (Å²) in [5, 5.41) is 5.64. The third kappa shape index (κ3) is 5.13. The lowest BCUT2D eigenvalue weighted by Gasteiger charge is -2.30. The second kappa shape index (κ2) is 9.73. The number of ether oxygens (including phenoxy) is 1. The van der Waals surface area contributed by atoms with Crippen LogP contribution in [0, 0.1) is 11.7 Å². The number of alkyl halides is 3. The fourth-order valence-electron chi connectivity index (χ4n) is 4.26. The highest BCUT2D eigenvalue weighted by Gasteiger charge is 2.41. The minimum Gasteiger partial charge on any atom is -0.496 e. The molecular weight excluding hydrogens is 511 g/mol. The minimum absolute atomic E-state index is 0.0253. The van der Waals surface area contributed by atoms with Gasteiger partial charge in [0, 0.05) is 19.2 Å². The van der Waals surface area contributed by atoms with Crippen molar-refractivity contribution in [3.63, 3.8) is 0 Å². The highest BCUT2D eigenvalue weighted by molar-refractivity contribution is 6.35. The Bertz CT molecular complexity index is 1270. The summed E-state index contributed by atoms with van der Waals surface area (Å²) in [5.74, 6) is -2.03. The van der Waals surface area contributed by atoms with Crippen molar-refractivity contribution >= 4 is 51.8 Å². The highest BCUT2D eigenvalue weighted by Crippen LogP contribution is 2.38. The first-order valence-electron chi connectivity index (χ1n) is 10.8. The number of carbonyl (C=O) groups is 1. The number of nitrogens with one attached hydrogen (secondary N) is 2. The van der Waals surface area contributed by atoms with Crippen LogP contribution in [-0.4, -0.2) is 34.8 Å². The molecule has 35 heavy (non-hydrogen) atoms. The molecule has 1 heterocycles. The number of imidazole rings is 1. The zero-order chi connectivity index (χ0) is 25.5. The number of amides is 1. The number of aromatic nitrogens is 2. The SMILES string of the molecule is COc1cc2c(cc1C(=O)NC1CCC(C(F)(F)F)CC1)nc(Nc1c(Cl)ccc(Cl)c1F)n2C. The first-order valence-corrected chi connectivity index (χ1v) is 11.6. The number of benzene rings is 2. The van der Waals surface area contributed by atoms with E-state index in [2.05, 4.69) is 15.6 Å². The van der Waals surface area contributed by atoms with Crippen molar-refractivity contribution in [2.24, 2.45) is 13.0 Å². The normalized spacial score (nSPS) is 18.5. The van der Waals surface area contributed by atoms with E-state index < -0.39 is 23.8 Å². The fourth-order valence-corrected chi connectivity index (χ4v) is 4.61. The third-order valence-electron chi connectivity index (χ3n) is 6.25. The van der Waals surface area contributed by atoms with Gasteiger partial charge in [-0.2, -0.15) is 13.2 Å². The number of carbonyl (C=O) groups excluding carboxylic acids is 1. The Kier molecular flexibility index (Phi) is 7.06. The number of fused-ring (bicyclic) bond motifs is 1. The quantitative estimate of drug-likeness (QED) is 0.286. The number of aryl methyl sites for hydroxylation is 1. The maximum atomic E-state index is 14.5. The maximum absolute atomic E-state index is 14.5. The van der Waals surface area contributed by atoms with Crippen LogP contribution in [-0.2, 0) is 7.05 Å². The van der Waals surface area contributed by atoms with Gasteiger partial charge in [-0.1, -0.05) is 23.2 Å². The summed E-state index contributed by atoms with van der Waals surface area (Å²) in [6.07, 6.45) is -3.79. The monoisotopic (exact) mass is 532 g/mol. The van der Waals surface area contributed by atoms with Crippen LogP contribution >= 0.6 is 23.2 Å². The molecule has 0 bridgehead atoms. The second-order valence-electron chi connectivity index (χ2n) is 8.44. The average Bonchev–Trinajstić information content (AvgIpc) is 3.12. The Morgan fingerprint density at radius 3 is 2.43 bits per heavy atom. The van der Waals surface area contributed by atoms with Crippen molar-refractivity contribution in [3.8, 4) is 5.75 Å². The van der Waals surface area contributed by atoms with Crippen molar-refractivity contribution < 1.29 is 27.1 Å². The van der Waals surface area contributed by atoms with Crippen LogP contribution in [0.15, 0.2) is 24.3 Å². The molecule has 1 saturated carbocycles. The molecule has 0 atom stereocenters. The molecule has 1 aliphatic carbocycles. The molecule has 4 rings (SSSR count). The molecule has 1 aliphatic rings. The maximum Gasteiger partial charge on any atom is 0.391 e. The van der Waals surface area contributed by atoms with E-state index in [9.17, 15) is 22.4 Å². The van der Waals surface area contributed by atoms with Gasteiger partial charge in [0.2, 0.25) is 5.95 Å². The molecule has 2 aromatic carbocycles. The number of hydrogen-bond donors (Lipinski definition) is 2. The van der Waals surface area contributed by atoms with Crippen molar-refractivity contribution in [2.75, 3.05) is 12.4 Å².